The normalized spacial score (nSPS) is 11.8. The van der Waals surface area contributed by atoms with Crippen LogP contribution in [0, 0.1) is 0 Å². The van der Waals surface area contributed by atoms with Crippen molar-refractivity contribution >= 4 is 22.5 Å². The lowest BCUT2D eigenvalue weighted by Crippen LogP contribution is -2.25. The van der Waals surface area contributed by atoms with Crippen molar-refractivity contribution in [1.82, 2.24) is 5.32 Å². The lowest BCUT2D eigenvalue weighted by molar-refractivity contribution is -0.118. The van der Waals surface area contributed by atoms with Gasteiger partial charge in [-0.3, -0.25) is 13.8 Å². The number of hydrogen-bond donors (Lipinski definition) is 1. The Balaban J connectivity index is 2.28. The highest BCUT2D eigenvalue weighted by Gasteiger charge is 2.08. The summed E-state index contributed by atoms with van der Waals surface area (Å²) in [5.41, 5.74) is 0.676. The number of ketones is 1. The molecule has 0 aliphatic heterocycles. The van der Waals surface area contributed by atoms with Gasteiger partial charge in [0.2, 0.25) is 5.91 Å². The molecule has 1 amide bonds. The standard InChI is InChI=1S/C13H17NO3S/c1-14-13(16)10-18(17)9-5-8-12(15)11-6-3-2-4-7-11/h2-4,6-7H,5,8-10H2,1H3,(H,14,16). The number of hydrogen-bond acceptors (Lipinski definition) is 3. The van der Waals surface area contributed by atoms with Gasteiger partial charge in [-0.05, 0) is 6.42 Å². The third-order valence-corrected chi connectivity index (χ3v) is 3.77. The molecular weight excluding hydrogens is 250 g/mol. The Hall–Kier alpha value is -1.49. The zero-order valence-electron chi connectivity index (χ0n) is 10.3. The first-order chi connectivity index (χ1) is 8.63. The Morgan fingerprint density at radius 3 is 2.50 bits per heavy atom. The minimum atomic E-state index is -1.19. The monoisotopic (exact) mass is 267 g/mol. The smallest absolute Gasteiger partial charge is 0.232 e. The van der Waals surface area contributed by atoms with Crippen LogP contribution in [0.4, 0.5) is 0 Å². The van der Waals surface area contributed by atoms with E-state index in [1.54, 1.807) is 12.1 Å². The number of rotatable bonds is 7. The van der Waals surface area contributed by atoms with E-state index >= 15 is 0 Å². The second-order valence-electron chi connectivity index (χ2n) is 3.85. The van der Waals surface area contributed by atoms with Crippen molar-refractivity contribution in [1.29, 1.82) is 0 Å². The predicted molar refractivity (Wildman–Crippen MR) is 71.9 cm³/mol. The average Bonchev–Trinajstić information content (AvgIpc) is 2.39. The highest BCUT2D eigenvalue weighted by Crippen LogP contribution is 2.05. The fraction of sp³-hybridized carbons (Fsp3) is 0.385. The molecule has 0 aliphatic rings. The molecule has 1 N–H and O–H groups in total. The van der Waals surface area contributed by atoms with Gasteiger partial charge in [0, 0.05) is 35.6 Å². The van der Waals surface area contributed by atoms with Crippen LogP contribution >= 0.6 is 0 Å². The van der Waals surface area contributed by atoms with Gasteiger partial charge in [-0.1, -0.05) is 30.3 Å². The molecule has 98 valence electrons. The van der Waals surface area contributed by atoms with Gasteiger partial charge in [0.1, 0.15) is 5.75 Å². The molecule has 0 heterocycles. The number of carbonyl (C=O) groups is 2. The lowest BCUT2D eigenvalue weighted by atomic mass is 10.1. The first-order valence-electron chi connectivity index (χ1n) is 5.77. The molecule has 1 unspecified atom stereocenters. The van der Waals surface area contributed by atoms with Gasteiger partial charge in [-0.15, -0.1) is 0 Å². The third kappa shape index (κ3) is 5.23. The van der Waals surface area contributed by atoms with E-state index in [0.29, 0.717) is 24.2 Å². The molecule has 1 aromatic carbocycles. The van der Waals surface area contributed by atoms with E-state index < -0.39 is 10.8 Å². The summed E-state index contributed by atoms with van der Waals surface area (Å²) in [7, 11) is 0.325. The molecule has 4 nitrogen and oxygen atoms in total. The van der Waals surface area contributed by atoms with Crippen LogP contribution in [0.5, 0.6) is 0 Å². The minimum Gasteiger partial charge on any atom is -0.358 e. The molecule has 1 atom stereocenters. The summed E-state index contributed by atoms with van der Waals surface area (Å²) in [6.07, 6.45) is 0.904. The van der Waals surface area contributed by atoms with Crippen molar-refractivity contribution in [3.63, 3.8) is 0 Å². The zero-order valence-corrected chi connectivity index (χ0v) is 11.2. The Labute approximate surface area is 109 Å². The summed E-state index contributed by atoms with van der Waals surface area (Å²) in [6.45, 7) is 0. The highest BCUT2D eigenvalue weighted by atomic mass is 32.2. The molecule has 1 aromatic rings. The van der Waals surface area contributed by atoms with E-state index in [2.05, 4.69) is 5.32 Å². The topological polar surface area (TPSA) is 63.2 Å². The van der Waals surface area contributed by atoms with Crippen LogP contribution in [-0.2, 0) is 15.6 Å². The van der Waals surface area contributed by atoms with Crippen molar-refractivity contribution in [2.75, 3.05) is 18.6 Å². The number of benzene rings is 1. The number of nitrogens with one attached hydrogen (secondary N) is 1. The Bertz CT molecular complexity index is 431. The maximum Gasteiger partial charge on any atom is 0.232 e. The van der Waals surface area contributed by atoms with Crippen molar-refractivity contribution in [2.24, 2.45) is 0 Å². The van der Waals surface area contributed by atoms with Crippen LogP contribution in [0.25, 0.3) is 0 Å². The van der Waals surface area contributed by atoms with Crippen molar-refractivity contribution in [3.8, 4) is 0 Å². The molecule has 1 rings (SSSR count). The van der Waals surface area contributed by atoms with Gasteiger partial charge in [0.05, 0.1) is 0 Å². The van der Waals surface area contributed by atoms with Crippen LogP contribution < -0.4 is 5.32 Å². The van der Waals surface area contributed by atoms with Gasteiger partial charge >= 0.3 is 0 Å². The Kier molecular flexibility index (Phi) is 6.28. The van der Waals surface area contributed by atoms with E-state index in [9.17, 15) is 13.8 Å². The number of amides is 1. The molecule has 0 radical (unpaired) electrons. The average molecular weight is 267 g/mol. The molecule has 0 aromatic heterocycles. The summed E-state index contributed by atoms with van der Waals surface area (Å²) in [5, 5.41) is 2.42. The van der Waals surface area contributed by atoms with Gasteiger partial charge < -0.3 is 5.32 Å². The third-order valence-electron chi connectivity index (χ3n) is 2.44. The van der Waals surface area contributed by atoms with E-state index in [1.807, 2.05) is 18.2 Å². The zero-order chi connectivity index (χ0) is 13.4. The first kappa shape index (κ1) is 14.6. The fourth-order valence-corrected chi connectivity index (χ4v) is 2.50. The van der Waals surface area contributed by atoms with Crippen LogP contribution in [0.3, 0.4) is 0 Å². The fourth-order valence-electron chi connectivity index (χ4n) is 1.45. The maximum absolute atomic E-state index is 11.7. The molecule has 5 heteroatoms. The van der Waals surface area contributed by atoms with Crippen molar-refractivity contribution < 1.29 is 13.8 Å². The van der Waals surface area contributed by atoms with E-state index in [1.165, 1.54) is 7.05 Å². The van der Waals surface area contributed by atoms with Gasteiger partial charge in [0.25, 0.3) is 0 Å². The number of Topliss-reactive ketones (excluding diaryl/α,β-unsaturated/α-hetero) is 1. The van der Waals surface area contributed by atoms with Crippen LogP contribution in [-0.4, -0.2) is 34.5 Å². The second-order valence-corrected chi connectivity index (χ2v) is 5.43. The second kappa shape index (κ2) is 7.76. The van der Waals surface area contributed by atoms with E-state index in [0.717, 1.165) is 0 Å². The quantitative estimate of drug-likeness (QED) is 0.754. The summed E-state index contributed by atoms with van der Waals surface area (Å²) >= 11 is 0. The summed E-state index contributed by atoms with van der Waals surface area (Å²) in [5.74, 6) is 0.206. The van der Waals surface area contributed by atoms with Crippen molar-refractivity contribution in [2.45, 2.75) is 12.8 Å². The molecule has 0 bridgehead atoms. The maximum atomic E-state index is 11.7. The molecule has 18 heavy (non-hydrogen) atoms. The van der Waals surface area contributed by atoms with Crippen LogP contribution in [0.1, 0.15) is 23.2 Å². The molecule has 0 saturated carbocycles. The molecule has 0 spiro atoms. The molecule has 0 fully saturated rings. The SMILES string of the molecule is CNC(=O)CS(=O)CCCC(=O)c1ccccc1. The number of carbonyl (C=O) groups excluding carboxylic acids is 2. The summed E-state index contributed by atoms with van der Waals surface area (Å²) in [4.78, 5) is 22.7. The molecule has 0 saturated heterocycles. The molecular formula is C13H17NO3S. The summed E-state index contributed by atoms with van der Waals surface area (Å²) < 4.78 is 11.5. The molecule has 0 aliphatic carbocycles. The van der Waals surface area contributed by atoms with Gasteiger partial charge in [-0.2, -0.15) is 0 Å². The van der Waals surface area contributed by atoms with Gasteiger partial charge in [-0.25, -0.2) is 0 Å². The van der Waals surface area contributed by atoms with Crippen LogP contribution in [0.2, 0.25) is 0 Å². The Morgan fingerprint density at radius 2 is 1.89 bits per heavy atom. The van der Waals surface area contributed by atoms with Crippen LogP contribution in [0.15, 0.2) is 30.3 Å². The minimum absolute atomic E-state index is 0.00995. The largest absolute Gasteiger partial charge is 0.358 e. The van der Waals surface area contributed by atoms with Gasteiger partial charge in [0.15, 0.2) is 5.78 Å². The van der Waals surface area contributed by atoms with E-state index in [4.69, 9.17) is 0 Å². The Morgan fingerprint density at radius 1 is 1.22 bits per heavy atom. The lowest BCUT2D eigenvalue weighted by Gasteiger charge is -2.02. The first-order valence-corrected chi connectivity index (χ1v) is 7.26. The van der Waals surface area contributed by atoms with E-state index in [-0.39, 0.29) is 17.4 Å². The van der Waals surface area contributed by atoms with Crippen molar-refractivity contribution in [3.05, 3.63) is 35.9 Å². The highest BCUT2D eigenvalue weighted by molar-refractivity contribution is 7.85. The summed E-state index contributed by atoms with van der Waals surface area (Å²) in [6, 6.07) is 9.02. The predicted octanol–water partition coefficient (Wildman–Crippen LogP) is 1.14.